The van der Waals surface area contributed by atoms with Gasteiger partial charge in [0.1, 0.15) is 17.3 Å². The molecule has 31 heavy (non-hydrogen) atoms. The monoisotopic (exact) mass is 456 g/mol. The van der Waals surface area contributed by atoms with Crippen LogP contribution in [0, 0.1) is 21.7 Å². The number of nitrogens with one attached hydrogen (secondary N) is 1. The van der Waals surface area contributed by atoms with Crippen molar-refractivity contribution < 1.29 is 31.0 Å². The Labute approximate surface area is 176 Å². The van der Waals surface area contributed by atoms with Crippen molar-refractivity contribution in [2.45, 2.75) is 43.5 Å². The fraction of sp³-hybridized carbons (Fsp3) is 0.368. The summed E-state index contributed by atoms with van der Waals surface area (Å²) >= 11 is 0. The van der Waals surface area contributed by atoms with Crippen LogP contribution in [0.3, 0.4) is 0 Å². The molecule has 0 atom stereocenters. The fourth-order valence-electron chi connectivity index (χ4n) is 3.48. The molecule has 0 radical (unpaired) electrons. The topological polar surface area (TPSA) is 131 Å². The summed E-state index contributed by atoms with van der Waals surface area (Å²) in [6.07, 6.45) is 4.15. The Balaban J connectivity index is 2.17. The van der Waals surface area contributed by atoms with Gasteiger partial charge in [0.2, 0.25) is 0 Å². The molecule has 2 aromatic rings. The van der Waals surface area contributed by atoms with Crippen molar-refractivity contribution in [3.8, 4) is 23.1 Å². The Hall–Kier alpha value is -2.72. The third-order valence-corrected chi connectivity index (χ3v) is 5.99. The highest BCUT2D eigenvalue weighted by Gasteiger charge is 2.49. The maximum atomic E-state index is 12.9. The van der Waals surface area contributed by atoms with Gasteiger partial charge in [0.15, 0.2) is 0 Å². The van der Waals surface area contributed by atoms with Gasteiger partial charge in [0.05, 0.1) is 0 Å². The van der Waals surface area contributed by atoms with Crippen LogP contribution in [0.4, 0.5) is 18.9 Å². The summed E-state index contributed by atoms with van der Waals surface area (Å²) in [6, 6.07) is 8.26. The number of alkyl halides is 3. The van der Waals surface area contributed by atoms with Crippen molar-refractivity contribution in [3.05, 3.63) is 52.0 Å². The van der Waals surface area contributed by atoms with Gasteiger partial charge in [-0.25, -0.2) is 4.98 Å². The Kier molecular flexibility index (Phi) is 6.51. The minimum Gasteiger partial charge on any atom is -0.628 e. The SMILES string of the molecule is N#Cc1c(-c2ccc([NH+]([O-])[O-])cc2)cc(C2CCCCC2)nc1OS(=O)(=O)C(F)(F)F. The van der Waals surface area contributed by atoms with Crippen LogP contribution in [0.25, 0.3) is 11.1 Å². The van der Waals surface area contributed by atoms with Gasteiger partial charge in [-0.15, -0.1) is 0 Å². The summed E-state index contributed by atoms with van der Waals surface area (Å²) in [6.45, 7) is 0. The number of rotatable bonds is 5. The molecule has 1 fully saturated rings. The zero-order valence-electron chi connectivity index (χ0n) is 16.0. The number of aromatic nitrogens is 1. The lowest BCUT2D eigenvalue weighted by molar-refractivity contribution is -0.715. The second-order valence-electron chi connectivity index (χ2n) is 7.07. The molecule has 12 heteroatoms. The summed E-state index contributed by atoms with van der Waals surface area (Å²) < 4.78 is 66.0. The van der Waals surface area contributed by atoms with Gasteiger partial charge in [0, 0.05) is 29.3 Å². The number of nitriles is 1. The molecule has 1 aliphatic carbocycles. The van der Waals surface area contributed by atoms with E-state index in [0.29, 0.717) is 18.5 Å². The van der Waals surface area contributed by atoms with Gasteiger partial charge in [-0.1, -0.05) is 19.3 Å². The van der Waals surface area contributed by atoms with Gasteiger partial charge < -0.3 is 19.8 Å². The van der Waals surface area contributed by atoms with Gasteiger partial charge in [-0.2, -0.15) is 26.9 Å². The molecule has 166 valence electrons. The van der Waals surface area contributed by atoms with E-state index in [1.165, 1.54) is 30.3 Å². The minimum absolute atomic E-state index is 0.0929. The summed E-state index contributed by atoms with van der Waals surface area (Å²) in [5, 5.41) is 30.1. The number of hydrogen-bond acceptors (Lipinski definition) is 7. The Morgan fingerprint density at radius 1 is 1.13 bits per heavy atom. The van der Waals surface area contributed by atoms with Gasteiger partial charge >= 0.3 is 15.6 Å². The molecule has 1 aliphatic rings. The molecule has 1 N–H and O–H groups in total. The molecule has 8 nitrogen and oxygen atoms in total. The van der Waals surface area contributed by atoms with Gasteiger partial charge in [-0.3, -0.25) is 0 Å². The van der Waals surface area contributed by atoms with E-state index in [-0.39, 0.29) is 22.7 Å². The average molecular weight is 456 g/mol. The van der Waals surface area contributed by atoms with E-state index in [0.717, 1.165) is 19.3 Å². The highest BCUT2D eigenvalue weighted by Crippen LogP contribution is 2.38. The Bertz CT molecular complexity index is 1090. The fourth-order valence-corrected chi connectivity index (χ4v) is 3.90. The van der Waals surface area contributed by atoms with Crippen LogP contribution in [-0.4, -0.2) is 18.9 Å². The Morgan fingerprint density at radius 2 is 1.74 bits per heavy atom. The molecule has 0 spiro atoms. The van der Waals surface area contributed by atoms with E-state index in [9.17, 15) is 37.3 Å². The van der Waals surface area contributed by atoms with E-state index in [4.69, 9.17) is 0 Å². The molecule has 0 aliphatic heterocycles. The van der Waals surface area contributed by atoms with Gasteiger partial charge in [0.25, 0.3) is 5.88 Å². The van der Waals surface area contributed by atoms with E-state index in [2.05, 4.69) is 9.17 Å². The van der Waals surface area contributed by atoms with Gasteiger partial charge in [-0.05, 0) is 36.6 Å². The van der Waals surface area contributed by atoms with E-state index in [1.807, 2.05) is 0 Å². The standard InChI is InChI=1S/C19H17F3N3O5S/c20-19(21,22)31(28,29)30-18-16(11-23)15(12-6-8-14(9-7-12)25(26)27)10-17(24-18)13-4-2-1-3-5-13/h6-10,13,25H,1-5H2/q-1. The zero-order chi connectivity index (χ0) is 22.8. The first-order chi connectivity index (χ1) is 14.5. The smallest absolute Gasteiger partial charge is 0.534 e. The van der Waals surface area contributed by atoms with Crippen LogP contribution in [0.2, 0.25) is 0 Å². The van der Waals surface area contributed by atoms with E-state index in [1.54, 1.807) is 6.07 Å². The lowest BCUT2D eigenvalue weighted by Crippen LogP contribution is -2.96. The number of halogens is 3. The van der Waals surface area contributed by atoms with Crippen molar-refractivity contribution in [1.82, 2.24) is 4.98 Å². The molecule has 1 aromatic carbocycles. The highest BCUT2D eigenvalue weighted by atomic mass is 32.2. The quantitative estimate of drug-likeness (QED) is 0.414. The van der Waals surface area contributed by atoms with Crippen molar-refractivity contribution in [2.24, 2.45) is 0 Å². The molecule has 1 aromatic heterocycles. The molecule has 0 bridgehead atoms. The molecule has 0 saturated heterocycles. The maximum absolute atomic E-state index is 12.9. The molecular formula is C19H17F3N3O5S-. The van der Waals surface area contributed by atoms with Crippen LogP contribution in [0.15, 0.2) is 30.3 Å². The molecule has 1 saturated carbocycles. The number of benzene rings is 1. The summed E-state index contributed by atoms with van der Waals surface area (Å²) in [7, 11) is -6.05. The lowest BCUT2D eigenvalue weighted by Gasteiger charge is -2.25. The predicted octanol–water partition coefficient (Wildman–Crippen LogP) is 3.41. The van der Waals surface area contributed by atoms with E-state index < -0.39 is 32.3 Å². The predicted molar refractivity (Wildman–Crippen MR) is 103 cm³/mol. The second-order valence-corrected chi connectivity index (χ2v) is 8.61. The Morgan fingerprint density at radius 3 is 2.26 bits per heavy atom. The van der Waals surface area contributed by atoms with Crippen molar-refractivity contribution >= 4 is 15.8 Å². The van der Waals surface area contributed by atoms with Crippen LogP contribution in [-0.2, 0) is 10.1 Å². The molecule has 1 heterocycles. The lowest BCUT2D eigenvalue weighted by atomic mass is 9.85. The summed E-state index contributed by atoms with van der Waals surface area (Å²) in [5.41, 5.74) is -5.65. The van der Waals surface area contributed by atoms with E-state index >= 15 is 0 Å². The van der Waals surface area contributed by atoms with Crippen molar-refractivity contribution in [2.75, 3.05) is 0 Å². The van der Waals surface area contributed by atoms with Crippen LogP contribution >= 0.6 is 0 Å². The maximum Gasteiger partial charge on any atom is 0.534 e. The van der Waals surface area contributed by atoms with Crippen molar-refractivity contribution in [1.29, 1.82) is 5.26 Å². The first-order valence-electron chi connectivity index (χ1n) is 9.31. The largest absolute Gasteiger partial charge is 0.628 e. The van der Waals surface area contributed by atoms with Crippen LogP contribution in [0.1, 0.15) is 49.3 Å². The van der Waals surface area contributed by atoms with Crippen LogP contribution in [0.5, 0.6) is 5.88 Å². The second kappa shape index (κ2) is 8.80. The number of quaternary nitrogens is 1. The number of nitrogens with zero attached hydrogens (tertiary/aromatic N) is 2. The third-order valence-electron chi connectivity index (χ3n) is 5.05. The third kappa shape index (κ3) is 4.96. The average Bonchev–Trinajstić information content (AvgIpc) is 2.73. The highest BCUT2D eigenvalue weighted by molar-refractivity contribution is 7.87. The normalized spacial score (nSPS) is 15.6. The summed E-state index contributed by atoms with van der Waals surface area (Å²) in [5.74, 6) is -1.10. The zero-order valence-corrected chi connectivity index (χ0v) is 16.8. The molecule has 0 unspecified atom stereocenters. The molecule has 3 rings (SSSR count). The first kappa shape index (κ1) is 23.0. The van der Waals surface area contributed by atoms with Crippen LogP contribution < -0.4 is 9.41 Å². The first-order valence-corrected chi connectivity index (χ1v) is 10.7. The molecular weight excluding hydrogens is 439 g/mol. The van der Waals surface area contributed by atoms with Crippen molar-refractivity contribution in [3.63, 3.8) is 0 Å². The number of hydrogen-bond donors (Lipinski definition) is 1. The molecule has 0 amide bonds. The number of pyridine rings is 1. The summed E-state index contributed by atoms with van der Waals surface area (Å²) in [4.78, 5) is 3.97. The minimum atomic E-state index is -6.05.